The Bertz CT molecular complexity index is 654. The number of ether oxygens (including phenoxy) is 1. The second-order valence-electron chi connectivity index (χ2n) is 6.26. The van der Waals surface area contributed by atoms with E-state index in [-0.39, 0.29) is 18.1 Å². The molecule has 1 aromatic carbocycles. The molecule has 1 heterocycles. The van der Waals surface area contributed by atoms with Crippen molar-refractivity contribution in [2.24, 2.45) is 11.8 Å². The Morgan fingerprint density at radius 3 is 2.64 bits per heavy atom. The lowest BCUT2D eigenvalue weighted by Crippen LogP contribution is -2.50. The number of rotatable bonds is 4. The van der Waals surface area contributed by atoms with Crippen LogP contribution in [0.3, 0.4) is 0 Å². The molecule has 5 nitrogen and oxygen atoms in total. The van der Waals surface area contributed by atoms with Crippen molar-refractivity contribution in [1.29, 1.82) is 0 Å². The number of esters is 1. The van der Waals surface area contributed by atoms with Crippen LogP contribution < -0.4 is 5.32 Å². The highest BCUT2D eigenvalue weighted by Crippen LogP contribution is 2.65. The summed E-state index contributed by atoms with van der Waals surface area (Å²) >= 11 is 0. The molecule has 2 fully saturated rings. The first-order chi connectivity index (χ1) is 10.4. The van der Waals surface area contributed by atoms with E-state index < -0.39 is 28.9 Å². The van der Waals surface area contributed by atoms with Gasteiger partial charge in [0, 0.05) is 5.57 Å². The number of nitrogens with one attached hydrogen (secondary N) is 1. The van der Waals surface area contributed by atoms with Crippen molar-refractivity contribution in [2.75, 3.05) is 0 Å². The molecule has 0 radical (unpaired) electrons. The molecule has 1 saturated heterocycles. The van der Waals surface area contributed by atoms with Gasteiger partial charge in [0.05, 0.1) is 5.92 Å². The van der Waals surface area contributed by atoms with E-state index in [4.69, 9.17) is 4.74 Å². The highest BCUT2D eigenvalue weighted by molar-refractivity contribution is 6.09. The predicted octanol–water partition coefficient (Wildman–Crippen LogP) is 1.17. The summed E-state index contributed by atoms with van der Waals surface area (Å²) < 4.78 is 5.34. The van der Waals surface area contributed by atoms with E-state index in [1.807, 2.05) is 44.2 Å². The number of benzene rings is 1. The van der Waals surface area contributed by atoms with Gasteiger partial charge >= 0.3 is 5.97 Å². The molecule has 1 aromatic rings. The molecule has 1 saturated carbocycles. The third-order valence-corrected chi connectivity index (χ3v) is 4.79. The normalized spacial score (nSPS) is 32.6. The molecule has 2 aliphatic rings. The van der Waals surface area contributed by atoms with Crippen LogP contribution in [0.5, 0.6) is 0 Å². The van der Waals surface area contributed by atoms with Gasteiger partial charge in [-0.15, -0.1) is 0 Å². The van der Waals surface area contributed by atoms with Crippen molar-refractivity contribution in [3.05, 3.63) is 48.0 Å². The van der Waals surface area contributed by atoms with E-state index in [9.17, 15) is 14.7 Å². The summed E-state index contributed by atoms with van der Waals surface area (Å²) in [6.07, 6.45) is 0. The summed E-state index contributed by atoms with van der Waals surface area (Å²) in [5.74, 6) is -1.83. The van der Waals surface area contributed by atoms with Gasteiger partial charge in [-0.1, -0.05) is 50.8 Å². The fraction of sp³-hybridized carbons (Fsp3) is 0.412. The Kier molecular flexibility index (Phi) is 3.14. The van der Waals surface area contributed by atoms with Crippen LogP contribution >= 0.6 is 0 Å². The molecule has 5 heteroatoms. The summed E-state index contributed by atoms with van der Waals surface area (Å²) in [5, 5.41) is 13.4. The molecule has 22 heavy (non-hydrogen) atoms. The Hall–Kier alpha value is -2.14. The fourth-order valence-corrected chi connectivity index (χ4v) is 3.53. The predicted molar refractivity (Wildman–Crippen MR) is 79.5 cm³/mol. The van der Waals surface area contributed by atoms with Gasteiger partial charge in [-0.25, -0.2) is 4.79 Å². The van der Waals surface area contributed by atoms with E-state index in [0.717, 1.165) is 5.56 Å². The van der Waals surface area contributed by atoms with Gasteiger partial charge in [-0.3, -0.25) is 4.79 Å². The third kappa shape index (κ3) is 1.69. The highest BCUT2D eigenvalue weighted by atomic mass is 16.5. The lowest BCUT2D eigenvalue weighted by atomic mass is 9.96. The minimum atomic E-state index is -1.38. The average Bonchev–Trinajstić information content (AvgIpc) is 2.93. The minimum Gasteiger partial charge on any atom is -0.459 e. The Labute approximate surface area is 129 Å². The van der Waals surface area contributed by atoms with Crippen LogP contribution in [0.4, 0.5) is 0 Å². The Balaban J connectivity index is 1.81. The molecule has 3 unspecified atom stereocenters. The van der Waals surface area contributed by atoms with E-state index >= 15 is 0 Å². The van der Waals surface area contributed by atoms with E-state index in [2.05, 4.69) is 11.9 Å². The van der Waals surface area contributed by atoms with Crippen molar-refractivity contribution >= 4 is 11.9 Å². The van der Waals surface area contributed by atoms with Crippen molar-refractivity contribution in [1.82, 2.24) is 5.32 Å². The SMILES string of the molecule is C=C1C(=O)NC2(C(=O)OCc3ccccc3)C1C2(O)C(C)C. The van der Waals surface area contributed by atoms with Crippen LogP contribution in [0.15, 0.2) is 42.5 Å². The van der Waals surface area contributed by atoms with Crippen LogP contribution in [-0.2, 0) is 20.9 Å². The van der Waals surface area contributed by atoms with E-state index in [0.29, 0.717) is 0 Å². The third-order valence-electron chi connectivity index (χ3n) is 4.79. The second kappa shape index (κ2) is 4.68. The minimum absolute atomic E-state index is 0.102. The van der Waals surface area contributed by atoms with Gasteiger partial charge in [-0.2, -0.15) is 0 Å². The van der Waals surface area contributed by atoms with Gasteiger partial charge in [0.1, 0.15) is 12.2 Å². The standard InChI is InChI=1S/C17H19NO4/c1-10(2)17(21)13-11(3)14(19)18-16(13,17)15(20)22-9-12-7-5-4-6-8-12/h4-8,10,13,21H,3,9H2,1-2H3,(H,18,19). The van der Waals surface area contributed by atoms with E-state index in [1.54, 1.807) is 0 Å². The number of carbonyl (C=O) groups excluding carboxylic acids is 2. The van der Waals surface area contributed by atoms with Crippen molar-refractivity contribution in [3.63, 3.8) is 0 Å². The van der Waals surface area contributed by atoms with Crippen LogP contribution in [0.1, 0.15) is 19.4 Å². The Morgan fingerprint density at radius 1 is 1.41 bits per heavy atom. The first-order valence-corrected chi connectivity index (χ1v) is 7.30. The molecule has 1 aliphatic carbocycles. The van der Waals surface area contributed by atoms with Crippen molar-refractivity contribution < 1.29 is 19.4 Å². The largest absolute Gasteiger partial charge is 0.459 e. The number of piperidine rings is 1. The molecule has 0 bridgehead atoms. The molecule has 0 aromatic heterocycles. The average molecular weight is 301 g/mol. The summed E-state index contributed by atoms with van der Waals surface area (Å²) in [4.78, 5) is 24.3. The lowest BCUT2D eigenvalue weighted by molar-refractivity contribution is -0.153. The second-order valence-corrected chi connectivity index (χ2v) is 6.26. The number of fused-ring (bicyclic) bond motifs is 1. The monoisotopic (exact) mass is 301 g/mol. The zero-order valence-corrected chi connectivity index (χ0v) is 12.6. The highest BCUT2D eigenvalue weighted by Gasteiger charge is 2.87. The van der Waals surface area contributed by atoms with Crippen LogP contribution in [0, 0.1) is 11.8 Å². The zero-order valence-electron chi connectivity index (χ0n) is 12.6. The van der Waals surface area contributed by atoms with Gasteiger partial charge in [0.15, 0.2) is 5.54 Å². The van der Waals surface area contributed by atoms with Crippen molar-refractivity contribution in [3.8, 4) is 0 Å². The van der Waals surface area contributed by atoms with Gasteiger partial charge in [0.2, 0.25) is 5.91 Å². The zero-order chi connectivity index (χ0) is 16.1. The summed E-state index contributed by atoms with van der Waals surface area (Å²) in [6, 6.07) is 9.27. The van der Waals surface area contributed by atoms with E-state index in [1.165, 1.54) is 0 Å². The number of hydrogen-bond acceptors (Lipinski definition) is 4. The Morgan fingerprint density at radius 2 is 2.05 bits per heavy atom. The maximum Gasteiger partial charge on any atom is 0.336 e. The summed E-state index contributed by atoms with van der Waals surface area (Å²) in [5.41, 5.74) is -1.62. The number of carbonyl (C=O) groups is 2. The van der Waals surface area contributed by atoms with Crippen LogP contribution in [-0.4, -0.2) is 28.1 Å². The van der Waals surface area contributed by atoms with Gasteiger partial charge in [-0.05, 0) is 11.5 Å². The lowest BCUT2D eigenvalue weighted by Gasteiger charge is -2.24. The fourth-order valence-electron chi connectivity index (χ4n) is 3.53. The molecule has 3 atom stereocenters. The molecular weight excluding hydrogens is 282 g/mol. The van der Waals surface area contributed by atoms with Gasteiger partial charge in [0.25, 0.3) is 0 Å². The van der Waals surface area contributed by atoms with Crippen LogP contribution in [0.2, 0.25) is 0 Å². The summed E-state index contributed by atoms with van der Waals surface area (Å²) in [6.45, 7) is 7.42. The number of amides is 1. The smallest absolute Gasteiger partial charge is 0.336 e. The van der Waals surface area contributed by atoms with Crippen LogP contribution in [0.25, 0.3) is 0 Å². The molecule has 116 valence electrons. The van der Waals surface area contributed by atoms with Crippen molar-refractivity contribution in [2.45, 2.75) is 31.6 Å². The molecule has 3 rings (SSSR count). The quantitative estimate of drug-likeness (QED) is 0.646. The maximum atomic E-state index is 12.6. The molecule has 1 amide bonds. The number of aliphatic hydroxyl groups is 1. The maximum absolute atomic E-state index is 12.6. The topological polar surface area (TPSA) is 75.6 Å². The molecule has 2 N–H and O–H groups in total. The first kappa shape index (κ1) is 14.8. The van der Waals surface area contributed by atoms with Gasteiger partial charge < -0.3 is 15.2 Å². The first-order valence-electron chi connectivity index (χ1n) is 7.30. The molecular formula is C17H19NO4. The number of hydrogen-bond donors (Lipinski definition) is 2. The molecule has 1 aliphatic heterocycles. The summed E-state index contributed by atoms with van der Waals surface area (Å²) in [7, 11) is 0. The molecule has 0 spiro atoms.